The largest absolute Gasteiger partial charge is 0.466 e. The van der Waals surface area contributed by atoms with Crippen LogP contribution in [-0.2, 0) is 28.6 Å². The topological polar surface area (TPSA) is 99.1 Å². The molecule has 0 fully saturated rings. The van der Waals surface area contributed by atoms with Gasteiger partial charge in [0, 0.05) is 0 Å². The van der Waals surface area contributed by atoms with Gasteiger partial charge in [-0.05, 0) is 19.3 Å². The minimum Gasteiger partial charge on any atom is -0.466 e. The predicted molar refractivity (Wildman–Crippen MR) is 129 cm³/mol. The monoisotopic (exact) mass is 472 g/mol. The van der Waals surface area contributed by atoms with Crippen molar-refractivity contribution in [2.24, 2.45) is 0 Å². The first-order chi connectivity index (χ1) is 15.9. The summed E-state index contributed by atoms with van der Waals surface area (Å²) in [6.07, 6.45) is 12.7. The van der Waals surface area contributed by atoms with Crippen LogP contribution in [0.25, 0.3) is 0 Å². The number of esters is 3. The van der Waals surface area contributed by atoms with Crippen molar-refractivity contribution in [1.82, 2.24) is 0 Å². The molecule has 7 nitrogen and oxygen atoms in total. The Hall–Kier alpha value is -1.63. The van der Waals surface area contributed by atoms with E-state index in [-0.39, 0.29) is 19.8 Å². The van der Waals surface area contributed by atoms with Crippen LogP contribution in [0.4, 0.5) is 0 Å². The highest BCUT2D eigenvalue weighted by Crippen LogP contribution is 2.21. The second-order valence-electron chi connectivity index (χ2n) is 8.85. The fourth-order valence-corrected chi connectivity index (χ4v) is 3.37. The van der Waals surface area contributed by atoms with E-state index in [1.54, 1.807) is 0 Å². The molecule has 7 heteroatoms. The van der Waals surface area contributed by atoms with Crippen LogP contribution in [0.2, 0.25) is 0 Å². The summed E-state index contributed by atoms with van der Waals surface area (Å²) in [4.78, 5) is 37.0. The summed E-state index contributed by atoms with van der Waals surface area (Å²) in [5, 5.41) is 10.9. The molecule has 0 bridgehead atoms. The quantitative estimate of drug-likeness (QED) is 0.123. The smallest absolute Gasteiger partial charge is 0.339 e. The van der Waals surface area contributed by atoms with Crippen molar-refractivity contribution < 1.29 is 33.7 Å². The van der Waals surface area contributed by atoms with Crippen LogP contribution >= 0.6 is 0 Å². The molecule has 1 atom stereocenters. The number of hydrogen-bond acceptors (Lipinski definition) is 7. The molecule has 0 aliphatic heterocycles. The fraction of sp³-hybridized carbons (Fsp3) is 0.885. The molecule has 0 saturated carbocycles. The number of hydrogen-bond donors (Lipinski definition) is 1. The lowest BCUT2D eigenvalue weighted by Gasteiger charge is -2.24. The second-order valence-corrected chi connectivity index (χ2v) is 8.85. The van der Waals surface area contributed by atoms with Gasteiger partial charge < -0.3 is 19.3 Å². The zero-order valence-corrected chi connectivity index (χ0v) is 21.3. The number of ether oxygens (including phenoxy) is 3. The molecule has 0 aliphatic carbocycles. The van der Waals surface area contributed by atoms with Crippen LogP contribution in [0.15, 0.2) is 0 Å². The summed E-state index contributed by atoms with van der Waals surface area (Å²) in [6, 6.07) is 0. The molecule has 1 N–H and O–H groups in total. The number of carbonyl (C=O) groups is 3. The third-order valence-electron chi connectivity index (χ3n) is 5.51. The van der Waals surface area contributed by atoms with Gasteiger partial charge >= 0.3 is 17.9 Å². The Kier molecular flexibility index (Phi) is 19.9. The van der Waals surface area contributed by atoms with Gasteiger partial charge in [0.1, 0.15) is 0 Å². The number of unbranched alkanes of at least 4 members (excludes halogenated alkanes) is 11. The lowest BCUT2D eigenvalue weighted by molar-refractivity contribution is -0.178. The van der Waals surface area contributed by atoms with E-state index < -0.39 is 36.4 Å². The Bertz CT molecular complexity index is 521. The highest BCUT2D eigenvalue weighted by atomic mass is 16.6. The average molecular weight is 473 g/mol. The number of aliphatic hydroxyl groups is 1. The van der Waals surface area contributed by atoms with Crippen molar-refractivity contribution in [3.05, 3.63) is 0 Å². The first-order valence-electron chi connectivity index (χ1n) is 13.1. The summed E-state index contributed by atoms with van der Waals surface area (Å²) < 4.78 is 15.5. The highest BCUT2D eigenvalue weighted by molar-refractivity contribution is 5.90. The maximum Gasteiger partial charge on any atom is 0.339 e. The van der Waals surface area contributed by atoms with Crippen molar-refractivity contribution in [2.75, 3.05) is 19.8 Å². The van der Waals surface area contributed by atoms with Crippen molar-refractivity contribution in [3.8, 4) is 0 Å². The standard InChI is InChI=1S/C26H48O7/c1-4-7-10-12-14-16-19-32-24(28)22-26(30,21-23(27)31-18-9-6-3)25(29)33-20-17-15-13-11-8-5-2/h30H,4-22H2,1-3H3. The van der Waals surface area contributed by atoms with E-state index in [2.05, 4.69) is 13.8 Å². The predicted octanol–water partition coefficient (Wildman–Crippen LogP) is 5.65. The molecule has 33 heavy (non-hydrogen) atoms. The van der Waals surface area contributed by atoms with E-state index in [0.29, 0.717) is 12.8 Å². The van der Waals surface area contributed by atoms with Crippen LogP contribution < -0.4 is 0 Å². The molecule has 0 aromatic rings. The first-order valence-corrected chi connectivity index (χ1v) is 13.1. The van der Waals surface area contributed by atoms with E-state index in [4.69, 9.17) is 14.2 Å². The molecule has 0 radical (unpaired) electrons. The highest BCUT2D eigenvalue weighted by Gasteiger charge is 2.43. The Labute approximate surface area is 200 Å². The summed E-state index contributed by atoms with van der Waals surface area (Å²) >= 11 is 0. The summed E-state index contributed by atoms with van der Waals surface area (Å²) in [5.74, 6) is -2.42. The molecule has 0 heterocycles. The lowest BCUT2D eigenvalue weighted by Crippen LogP contribution is -2.45. The Morgan fingerprint density at radius 3 is 1.36 bits per heavy atom. The SMILES string of the molecule is CCCCCCCCOC(=O)CC(O)(CC(=O)OCCCC)C(=O)OCCCCCCCC. The average Bonchev–Trinajstić information content (AvgIpc) is 2.77. The van der Waals surface area contributed by atoms with Gasteiger partial charge in [-0.25, -0.2) is 4.79 Å². The molecule has 0 aliphatic rings. The van der Waals surface area contributed by atoms with Crippen LogP contribution in [-0.4, -0.2) is 48.4 Å². The Morgan fingerprint density at radius 2 is 0.909 bits per heavy atom. The molecule has 0 aromatic heterocycles. The molecular weight excluding hydrogens is 424 g/mol. The van der Waals surface area contributed by atoms with Gasteiger partial charge in [-0.3, -0.25) is 9.59 Å². The van der Waals surface area contributed by atoms with E-state index in [9.17, 15) is 19.5 Å². The third-order valence-corrected chi connectivity index (χ3v) is 5.51. The molecule has 1 unspecified atom stereocenters. The zero-order valence-electron chi connectivity index (χ0n) is 21.3. The van der Waals surface area contributed by atoms with E-state index in [1.807, 2.05) is 6.92 Å². The van der Waals surface area contributed by atoms with Crippen molar-refractivity contribution in [2.45, 2.75) is 129 Å². The van der Waals surface area contributed by atoms with Crippen molar-refractivity contribution >= 4 is 17.9 Å². The van der Waals surface area contributed by atoms with Gasteiger partial charge in [0.25, 0.3) is 0 Å². The second kappa shape index (κ2) is 20.9. The minimum absolute atomic E-state index is 0.144. The van der Waals surface area contributed by atoms with Crippen LogP contribution in [0.5, 0.6) is 0 Å². The van der Waals surface area contributed by atoms with Crippen molar-refractivity contribution in [1.29, 1.82) is 0 Å². The molecule has 0 rings (SSSR count). The minimum atomic E-state index is -2.27. The first kappa shape index (κ1) is 31.4. The van der Waals surface area contributed by atoms with E-state index >= 15 is 0 Å². The van der Waals surface area contributed by atoms with Gasteiger partial charge in [-0.1, -0.05) is 91.4 Å². The van der Waals surface area contributed by atoms with Gasteiger partial charge in [0.2, 0.25) is 0 Å². The van der Waals surface area contributed by atoms with Gasteiger partial charge in [0.05, 0.1) is 32.7 Å². The van der Waals surface area contributed by atoms with Crippen LogP contribution in [0.1, 0.15) is 124 Å². The summed E-state index contributed by atoms with van der Waals surface area (Å²) in [5.41, 5.74) is -2.27. The molecule has 0 saturated heterocycles. The Morgan fingerprint density at radius 1 is 0.545 bits per heavy atom. The summed E-state index contributed by atoms with van der Waals surface area (Å²) in [6.45, 7) is 6.85. The normalized spacial score (nSPS) is 12.7. The molecule has 0 amide bonds. The lowest BCUT2D eigenvalue weighted by atomic mass is 9.95. The zero-order chi connectivity index (χ0) is 24.8. The number of rotatable bonds is 22. The van der Waals surface area contributed by atoms with E-state index in [0.717, 1.165) is 57.8 Å². The fourth-order valence-electron chi connectivity index (χ4n) is 3.37. The maximum absolute atomic E-state index is 12.6. The Balaban J connectivity index is 4.61. The van der Waals surface area contributed by atoms with Crippen LogP contribution in [0, 0.1) is 0 Å². The van der Waals surface area contributed by atoms with Crippen molar-refractivity contribution in [3.63, 3.8) is 0 Å². The molecule has 0 aromatic carbocycles. The van der Waals surface area contributed by atoms with Crippen LogP contribution in [0.3, 0.4) is 0 Å². The molecular formula is C26H48O7. The molecule has 194 valence electrons. The number of carbonyl (C=O) groups excluding carboxylic acids is 3. The van der Waals surface area contributed by atoms with Gasteiger partial charge in [-0.2, -0.15) is 0 Å². The maximum atomic E-state index is 12.6. The summed E-state index contributed by atoms with van der Waals surface area (Å²) in [7, 11) is 0. The molecule has 0 spiro atoms. The third kappa shape index (κ3) is 17.5. The van der Waals surface area contributed by atoms with Gasteiger partial charge in [-0.15, -0.1) is 0 Å². The van der Waals surface area contributed by atoms with Gasteiger partial charge in [0.15, 0.2) is 5.60 Å². The van der Waals surface area contributed by atoms with E-state index in [1.165, 1.54) is 19.3 Å².